The Balaban J connectivity index is 1.52. The number of carbonyl (C=O) groups excluding carboxylic acids is 1. The number of nitrogens with one attached hydrogen (secondary N) is 1. The van der Waals surface area contributed by atoms with Gasteiger partial charge in [0.2, 0.25) is 0 Å². The number of fused-ring (bicyclic) bond motifs is 1. The van der Waals surface area contributed by atoms with Gasteiger partial charge < -0.3 is 14.7 Å². The molecule has 1 aliphatic rings. The fourth-order valence-corrected chi connectivity index (χ4v) is 3.48. The smallest absolute Gasteiger partial charge is 0.256 e. The molecule has 2 aromatic heterocycles. The van der Waals surface area contributed by atoms with Gasteiger partial charge in [0.05, 0.1) is 36.2 Å². The Morgan fingerprint density at radius 2 is 1.97 bits per heavy atom. The minimum absolute atomic E-state index is 0.0592. The first kappa shape index (κ1) is 17.4. The monoisotopic (exact) mass is 390 g/mol. The van der Waals surface area contributed by atoms with Crippen LogP contribution in [-0.4, -0.2) is 67.4 Å². The van der Waals surface area contributed by atoms with E-state index in [4.69, 9.17) is 4.74 Å². The molecule has 0 radical (unpaired) electrons. The van der Waals surface area contributed by atoms with Gasteiger partial charge in [-0.05, 0) is 30.3 Å². The molecular formula is C20H18N6O3. The summed E-state index contributed by atoms with van der Waals surface area (Å²) in [5.74, 6) is 0.0880. The average molecular weight is 390 g/mol. The molecule has 3 heterocycles. The minimum Gasteiger partial charge on any atom is -0.508 e. The summed E-state index contributed by atoms with van der Waals surface area (Å²) in [6, 6.07) is 12.3. The number of morpholine rings is 1. The van der Waals surface area contributed by atoms with Gasteiger partial charge in [-0.2, -0.15) is 5.10 Å². The van der Waals surface area contributed by atoms with E-state index in [1.165, 1.54) is 0 Å². The third kappa shape index (κ3) is 3.11. The molecule has 2 N–H and O–H groups in total. The highest BCUT2D eigenvalue weighted by atomic mass is 16.5. The number of ether oxygens (including phenoxy) is 1. The van der Waals surface area contributed by atoms with Crippen molar-refractivity contribution in [1.29, 1.82) is 0 Å². The topological polar surface area (TPSA) is 109 Å². The summed E-state index contributed by atoms with van der Waals surface area (Å²) in [6.45, 7) is 2.22. The summed E-state index contributed by atoms with van der Waals surface area (Å²) in [6.07, 6.45) is 1.73. The Morgan fingerprint density at radius 3 is 2.83 bits per heavy atom. The molecular weight excluding hydrogens is 372 g/mol. The van der Waals surface area contributed by atoms with Gasteiger partial charge in [-0.1, -0.05) is 17.3 Å². The van der Waals surface area contributed by atoms with Crippen LogP contribution in [0.15, 0.2) is 48.7 Å². The first-order valence-electron chi connectivity index (χ1n) is 9.27. The average Bonchev–Trinajstić information content (AvgIpc) is 3.40. The summed E-state index contributed by atoms with van der Waals surface area (Å²) in [4.78, 5) is 14.8. The maximum absolute atomic E-state index is 13.0. The van der Waals surface area contributed by atoms with Crippen LogP contribution in [0, 0.1) is 0 Å². The zero-order valence-electron chi connectivity index (χ0n) is 15.4. The number of benzene rings is 2. The Hall–Kier alpha value is -3.72. The van der Waals surface area contributed by atoms with Crippen molar-refractivity contribution >= 4 is 16.8 Å². The molecule has 2 aromatic carbocycles. The first-order chi connectivity index (χ1) is 14.2. The van der Waals surface area contributed by atoms with Gasteiger partial charge in [0, 0.05) is 18.5 Å². The van der Waals surface area contributed by atoms with Gasteiger partial charge in [0.25, 0.3) is 5.91 Å². The van der Waals surface area contributed by atoms with E-state index >= 15 is 0 Å². The van der Waals surface area contributed by atoms with Crippen molar-refractivity contribution in [2.45, 2.75) is 0 Å². The molecule has 4 aromatic rings. The van der Waals surface area contributed by atoms with Crippen LogP contribution in [-0.2, 0) is 4.74 Å². The Kier molecular flexibility index (Phi) is 4.21. The molecule has 0 bridgehead atoms. The molecule has 9 nitrogen and oxygen atoms in total. The number of carbonyl (C=O) groups is 1. The molecule has 146 valence electrons. The standard InChI is InChI=1S/C20H18N6O3/c27-13-5-6-16-15(11-13)19(23-21-16)17-12-26(24-22-17)18-4-2-1-3-14(18)20(28)25-7-9-29-10-8-25/h1-6,11-12,27H,7-10H2,(H,21,23). The second-order valence-corrected chi connectivity index (χ2v) is 6.77. The Morgan fingerprint density at radius 1 is 1.14 bits per heavy atom. The van der Waals surface area contributed by atoms with Crippen molar-refractivity contribution in [1.82, 2.24) is 30.1 Å². The van der Waals surface area contributed by atoms with Gasteiger partial charge in [0.1, 0.15) is 17.1 Å². The number of aromatic nitrogens is 5. The second-order valence-electron chi connectivity index (χ2n) is 6.77. The van der Waals surface area contributed by atoms with Crippen molar-refractivity contribution in [2.75, 3.05) is 26.3 Å². The van der Waals surface area contributed by atoms with Crippen LogP contribution in [0.4, 0.5) is 0 Å². The largest absolute Gasteiger partial charge is 0.508 e. The summed E-state index contributed by atoms with van der Waals surface area (Å²) < 4.78 is 6.92. The predicted octanol–water partition coefficient (Wildman–Crippen LogP) is 1.99. The van der Waals surface area contributed by atoms with E-state index in [9.17, 15) is 9.90 Å². The molecule has 29 heavy (non-hydrogen) atoms. The fraction of sp³-hybridized carbons (Fsp3) is 0.200. The van der Waals surface area contributed by atoms with E-state index in [0.717, 1.165) is 10.9 Å². The third-order valence-corrected chi connectivity index (χ3v) is 4.96. The number of para-hydroxylation sites is 1. The van der Waals surface area contributed by atoms with E-state index in [-0.39, 0.29) is 11.7 Å². The minimum atomic E-state index is -0.0592. The van der Waals surface area contributed by atoms with Crippen molar-refractivity contribution in [2.24, 2.45) is 0 Å². The van der Waals surface area contributed by atoms with Crippen molar-refractivity contribution < 1.29 is 14.6 Å². The molecule has 0 atom stereocenters. The van der Waals surface area contributed by atoms with Gasteiger partial charge in [-0.15, -0.1) is 5.10 Å². The van der Waals surface area contributed by atoms with Crippen molar-refractivity contribution in [3.8, 4) is 22.8 Å². The quantitative estimate of drug-likeness (QED) is 0.554. The summed E-state index contributed by atoms with van der Waals surface area (Å²) >= 11 is 0. The van der Waals surface area contributed by atoms with E-state index in [0.29, 0.717) is 48.9 Å². The van der Waals surface area contributed by atoms with E-state index in [1.807, 2.05) is 18.2 Å². The molecule has 1 amide bonds. The van der Waals surface area contributed by atoms with Crippen LogP contribution < -0.4 is 0 Å². The van der Waals surface area contributed by atoms with E-state index in [2.05, 4.69) is 20.5 Å². The Labute approximate surface area is 165 Å². The molecule has 1 aliphatic heterocycles. The number of H-pyrrole nitrogens is 1. The van der Waals surface area contributed by atoms with Crippen LogP contribution >= 0.6 is 0 Å². The Bertz CT molecular complexity index is 1190. The van der Waals surface area contributed by atoms with Crippen LogP contribution in [0.3, 0.4) is 0 Å². The summed E-state index contributed by atoms with van der Waals surface area (Å²) in [7, 11) is 0. The lowest BCUT2D eigenvalue weighted by Gasteiger charge is -2.27. The zero-order valence-corrected chi connectivity index (χ0v) is 15.4. The first-order valence-corrected chi connectivity index (χ1v) is 9.27. The van der Waals surface area contributed by atoms with Crippen molar-refractivity contribution in [3.05, 3.63) is 54.2 Å². The van der Waals surface area contributed by atoms with Gasteiger partial charge in [0.15, 0.2) is 0 Å². The second kappa shape index (κ2) is 7.02. The molecule has 9 heteroatoms. The normalized spacial score (nSPS) is 14.4. The van der Waals surface area contributed by atoms with E-state index < -0.39 is 0 Å². The highest BCUT2D eigenvalue weighted by Crippen LogP contribution is 2.28. The van der Waals surface area contributed by atoms with Crippen LogP contribution in [0.1, 0.15) is 10.4 Å². The summed E-state index contributed by atoms with van der Waals surface area (Å²) in [5.41, 5.74) is 3.10. The van der Waals surface area contributed by atoms with Crippen molar-refractivity contribution in [3.63, 3.8) is 0 Å². The third-order valence-electron chi connectivity index (χ3n) is 4.96. The zero-order chi connectivity index (χ0) is 19.8. The lowest BCUT2D eigenvalue weighted by atomic mass is 10.1. The maximum Gasteiger partial charge on any atom is 0.256 e. The number of hydrogen-bond acceptors (Lipinski definition) is 6. The lowest BCUT2D eigenvalue weighted by molar-refractivity contribution is 0.0303. The lowest BCUT2D eigenvalue weighted by Crippen LogP contribution is -2.41. The highest BCUT2D eigenvalue weighted by Gasteiger charge is 2.22. The highest BCUT2D eigenvalue weighted by molar-refractivity contribution is 5.98. The summed E-state index contributed by atoms with van der Waals surface area (Å²) in [5, 5.41) is 26.2. The maximum atomic E-state index is 13.0. The predicted molar refractivity (Wildman–Crippen MR) is 105 cm³/mol. The molecule has 1 fully saturated rings. The number of rotatable bonds is 3. The molecule has 0 unspecified atom stereocenters. The number of aromatic hydroxyl groups is 1. The molecule has 0 spiro atoms. The van der Waals surface area contributed by atoms with Crippen LogP contribution in [0.2, 0.25) is 0 Å². The number of phenols is 1. The number of hydrogen-bond donors (Lipinski definition) is 2. The number of aromatic amines is 1. The number of amides is 1. The van der Waals surface area contributed by atoms with Crippen LogP contribution in [0.25, 0.3) is 28.0 Å². The molecule has 0 saturated carbocycles. The van der Waals surface area contributed by atoms with Gasteiger partial charge >= 0.3 is 0 Å². The van der Waals surface area contributed by atoms with Gasteiger partial charge in [-0.25, -0.2) is 4.68 Å². The molecule has 5 rings (SSSR count). The SMILES string of the molecule is O=C(c1ccccc1-n1cc(-c2n[nH]c3ccc(O)cc23)nn1)N1CCOCC1. The molecule has 1 saturated heterocycles. The number of nitrogens with zero attached hydrogens (tertiary/aromatic N) is 5. The van der Waals surface area contributed by atoms with E-state index in [1.54, 1.807) is 40.0 Å². The van der Waals surface area contributed by atoms with Crippen LogP contribution in [0.5, 0.6) is 5.75 Å². The van der Waals surface area contributed by atoms with Gasteiger partial charge in [-0.3, -0.25) is 9.89 Å². The molecule has 0 aliphatic carbocycles. The number of phenolic OH excluding ortho intramolecular Hbond substituents is 1. The fourth-order valence-electron chi connectivity index (χ4n) is 3.48.